The molecule has 15 heavy (non-hydrogen) atoms. The summed E-state index contributed by atoms with van der Waals surface area (Å²) in [5, 5.41) is 9.00. The SMILES string of the molecule is Cc1cccc(-c2cccc(CO)n2)c1. The van der Waals surface area contributed by atoms with E-state index in [-0.39, 0.29) is 6.61 Å². The van der Waals surface area contributed by atoms with E-state index >= 15 is 0 Å². The first-order valence-electron chi connectivity index (χ1n) is 4.93. The van der Waals surface area contributed by atoms with Crippen LogP contribution in [0.25, 0.3) is 11.3 Å². The van der Waals surface area contributed by atoms with Crippen LogP contribution in [0, 0.1) is 6.92 Å². The van der Waals surface area contributed by atoms with Gasteiger partial charge in [0.1, 0.15) is 0 Å². The summed E-state index contributed by atoms with van der Waals surface area (Å²) in [7, 11) is 0. The number of pyridine rings is 1. The summed E-state index contributed by atoms with van der Waals surface area (Å²) in [6.07, 6.45) is 0. The topological polar surface area (TPSA) is 33.1 Å². The molecule has 0 unspecified atom stereocenters. The molecule has 2 heteroatoms. The number of benzene rings is 1. The molecule has 0 aliphatic carbocycles. The van der Waals surface area contributed by atoms with Crippen molar-refractivity contribution in [1.82, 2.24) is 4.98 Å². The number of aliphatic hydroxyl groups is 1. The molecule has 0 spiro atoms. The Bertz CT molecular complexity index is 466. The lowest BCUT2D eigenvalue weighted by Gasteiger charge is -2.03. The molecular formula is C13H13NO. The number of hydrogen-bond acceptors (Lipinski definition) is 2. The average Bonchev–Trinajstić information content (AvgIpc) is 2.29. The van der Waals surface area contributed by atoms with Gasteiger partial charge in [0.2, 0.25) is 0 Å². The van der Waals surface area contributed by atoms with Gasteiger partial charge in [-0.2, -0.15) is 0 Å². The standard InChI is InChI=1S/C13H13NO/c1-10-4-2-5-11(8-10)13-7-3-6-12(9-15)14-13/h2-8,15H,9H2,1H3. The molecule has 0 bridgehead atoms. The number of hydrogen-bond donors (Lipinski definition) is 1. The Kier molecular flexibility index (Phi) is 2.79. The van der Waals surface area contributed by atoms with Gasteiger partial charge in [-0.15, -0.1) is 0 Å². The zero-order valence-electron chi connectivity index (χ0n) is 8.64. The van der Waals surface area contributed by atoms with Gasteiger partial charge >= 0.3 is 0 Å². The smallest absolute Gasteiger partial charge is 0.0853 e. The molecule has 0 fully saturated rings. The Morgan fingerprint density at radius 2 is 1.93 bits per heavy atom. The lowest BCUT2D eigenvalue weighted by Crippen LogP contribution is -1.91. The predicted octanol–water partition coefficient (Wildman–Crippen LogP) is 2.55. The molecule has 2 rings (SSSR count). The van der Waals surface area contributed by atoms with E-state index in [0.29, 0.717) is 5.69 Å². The lowest BCUT2D eigenvalue weighted by molar-refractivity contribution is 0.277. The van der Waals surface area contributed by atoms with Crippen LogP contribution in [-0.2, 0) is 6.61 Å². The number of aromatic nitrogens is 1. The molecule has 2 nitrogen and oxygen atoms in total. The maximum absolute atomic E-state index is 9.00. The van der Waals surface area contributed by atoms with Gasteiger partial charge < -0.3 is 5.11 Å². The summed E-state index contributed by atoms with van der Waals surface area (Å²) >= 11 is 0. The van der Waals surface area contributed by atoms with Gasteiger partial charge in [-0.25, -0.2) is 0 Å². The number of aliphatic hydroxyl groups excluding tert-OH is 1. The van der Waals surface area contributed by atoms with Crippen LogP contribution < -0.4 is 0 Å². The van der Waals surface area contributed by atoms with Crippen LogP contribution in [0.1, 0.15) is 11.3 Å². The van der Waals surface area contributed by atoms with Crippen LogP contribution in [0.5, 0.6) is 0 Å². The predicted molar refractivity (Wildman–Crippen MR) is 60.3 cm³/mol. The summed E-state index contributed by atoms with van der Waals surface area (Å²) in [4.78, 5) is 4.35. The molecule has 2 aromatic rings. The molecule has 0 aliphatic rings. The fraction of sp³-hybridized carbons (Fsp3) is 0.154. The molecular weight excluding hydrogens is 186 g/mol. The highest BCUT2D eigenvalue weighted by molar-refractivity contribution is 5.59. The van der Waals surface area contributed by atoms with Crippen LogP contribution in [0.15, 0.2) is 42.5 Å². The lowest BCUT2D eigenvalue weighted by atomic mass is 10.1. The number of nitrogens with zero attached hydrogens (tertiary/aromatic N) is 1. The van der Waals surface area contributed by atoms with E-state index in [4.69, 9.17) is 5.11 Å². The first kappa shape index (κ1) is 9.87. The summed E-state index contributed by atoms with van der Waals surface area (Å²) in [6, 6.07) is 13.9. The maximum Gasteiger partial charge on any atom is 0.0853 e. The quantitative estimate of drug-likeness (QED) is 0.806. The van der Waals surface area contributed by atoms with Crippen LogP contribution in [0.3, 0.4) is 0 Å². The molecule has 1 aromatic carbocycles. The van der Waals surface area contributed by atoms with E-state index in [1.807, 2.05) is 30.3 Å². The third kappa shape index (κ3) is 2.22. The molecule has 0 saturated heterocycles. The first-order valence-corrected chi connectivity index (χ1v) is 4.93. The highest BCUT2D eigenvalue weighted by Gasteiger charge is 2.00. The van der Waals surface area contributed by atoms with E-state index < -0.39 is 0 Å². The van der Waals surface area contributed by atoms with Crippen molar-refractivity contribution in [3.8, 4) is 11.3 Å². The maximum atomic E-state index is 9.00. The molecule has 1 N–H and O–H groups in total. The molecule has 0 atom stereocenters. The van der Waals surface area contributed by atoms with E-state index in [2.05, 4.69) is 24.0 Å². The van der Waals surface area contributed by atoms with E-state index in [0.717, 1.165) is 11.3 Å². The van der Waals surface area contributed by atoms with Gasteiger partial charge in [-0.05, 0) is 25.1 Å². The molecule has 0 aliphatic heterocycles. The minimum atomic E-state index is -0.0142. The van der Waals surface area contributed by atoms with Crippen molar-refractivity contribution >= 4 is 0 Å². The highest BCUT2D eigenvalue weighted by Crippen LogP contribution is 2.18. The summed E-state index contributed by atoms with van der Waals surface area (Å²) in [5.74, 6) is 0. The van der Waals surface area contributed by atoms with Crippen molar-refractivity contribution in [3.05, 3.63) is 53.7 Å². The second-order valence-electron chi connectivity index (χ2n) is 3.54. The van der Waals surface area contributed by atoms with Crippen molar-refractivity contribution in [2.45, 2.75) is 13.5 Å². The summed E-state index contributed by atoms with van der Waals surface area (Å²) < 4.78 is 0. The third-order valence-corrected chi connectivity index (χ3v) is 2.28. The molecule has 0 amide bonds. The van der Waals surface area contributed by atoms with Gasteiger partial charge in [-0.3, -0.25) is 4.98 Å². The molecule has 0 saturated carbocycles. The highest BCUT2D eigenvalue weighted by atomic mass is 16.3. The van der Waals surface area contributed by atoms with Crippen molar-refractivity contribution in [2.75, 3.05) is 0 Å². The van der Waals surface area contributed by atoms with Gasteiger partial charge in [0.15, 0.2) is 0 Å². The van der Waals surface area contributed by atoms with Crippen molar-refractivity contribution in [1.29, 1.82) is 0 Å². The Morgan fingerprint density at radius 3 is 2.67 bits per heavy atom. The first-order chi connectivity index (χ1) is 7.29. The van der Waals surface area contributed by atoms with E-state index in [1.54, 1.807) is 0 Å². The Morgan fingerprint density at radius 1 is 1.13 bits per heavy atom. The van der Waals surface area contributed by atoms with Gasteiger partial charge in [0.05, 0.1) is 18.0 Å². The van der Waals surface area contributed by atoms with Crippen molar-refractivity contribution in [2.24, 2.45) is 0 Å². The summed E-state index contributed by atoms with van der Waals surface area (Å²) in [6.45, 7) is 2.04. The van der Waals surface area contributed by atoms with Crippen LogP contribution in [-0.4, -0.2) is 10.1 Å². The zero-order valence-corrected chi connectivity index (χ0v) is 8.64. The van der Waals surface area contributed by atoms with Crippen LogP contribution in [0.2, 0.25) is 0 Å². The Hall–Kier alpha value is -1.67. The fourth-order valence-corrected chi connectivity index (χ4v) is 1.53. The Labute approximate surface area is 89.2 Å². The Balaban J connectivity index is 2.44. The zero-order chi connectivity index (χ0) is 10.7. The normalized spacial score (nSPS) is 10.3. The van der Waals surface area contributed by atoms with Gasteiger partial charge in [-0.1, -0.05) is 29.8 Å². The van der Waals surface area contributed by atoms with E-state index in [1.165, 1.54) is 5.56 Å². The minimum absolute atomic E-state index is 0.0142. The van der Waals surface area contributed by atoms with Crippen LogP contribution in [0.4, 0.5) is 0 Å². The molecule has 76 valence electrons. The minimum Gasteiger partial charge on any atom is -0.390 e. The number of rotatable bonds is 2. The van der Waals surface area contributed by atoms with Gasteiger partial charge in [0.25, 0.3) is 0 Å². The second-order valence-corrected chi connectivity index (χ2v) is 3.54. The van der Waals surface area contributed by atoms with E-state index in [9.17, 15) is 0 Å². The third-order valence-electron chi connectivity index (χ3n) is 2.28. The molecule has 1 aromatic heterocycles. The molecule has 0 radical (unpaired) electrons. The largest absolute Gasteiger partial charge is 0.390 e. The molecule has 1 heterocycles. The summed E-state index contributed by atoms with van der Waals surface area (Å²) in [5.41, 5.74) is 3.91. The fourth-order valence-electron chi connectivity index (χ4n) is 1.53. The monoisotopic (exact) mass is 199 g/mol. The second kappa shape index (κ2) is 4.24. The van der Waals surface area contributed by atoms with Crippen molar-refractivity contribution in [3.63, 3.8) is 0 Å². The average molecular weight is 199 g/mol. The van der Waals surface area contributed by atoms with Crippen molar-refractivity contribution < 1.29 is 5.11 Å². The van der Waals surface area contributed by atoms with Gasteiger partial charge in [0, 0.05) is 5.56 Å². The van der Waals surface area contributed by atoms with Crippen LogP contribution >= 0.6 is 0 Å². The number of aryl methyl sites for hydroxylation is 1.